The van der Waals surface area contributed by atoms with Gasteiger partial charge in [-0.15, -0.1) is 0 Å². The number of thiocarbonyl (C=S) groups is 1. The Morgan fingerprint density at radius 1 is 1.11 bits per heavy atom. The minimum atomic E-state index is -0.101. The number of ether oxygens (including phenoxy) is 1. The first-order chi connectivity index (χ1) is 13.6. The second-order valence-electron chi connectivity index (χ2n) is 6.49. The molecule has 0 bridgehead atoms. The van der Waals surface area contributed by atoms with Gasteiger partial charge in [-0.1, -0.05) is 66.4 Å². The van der Waals surface area contributed by atoms with Crippen molar-refractivity contribution in [3.8, 4) is 5.75 Å². The maximum absolute atomic E-state index is 13.1. The van der Waals surface area contributed by atoms with Gasteiger partial charge in [0.05, 0.1) is 17.2 Å². The number of hydrogen-bond acceptors (Lipinski definition) is 4. The lowest BCUT2D eigenvalue weighted by molar-refractivity contribution is -0.113. The largest absolute Gasteiger partial charge is 0.493 e. The van der Waals surface area contributed by atoms with E-state index in [-0.39, 0.29) is 5.91 Å². The van der Waals surface area contributed by atoms with Crippen molar-refractivity contribution in [2.75, 3.05) is 11.5 Å². The molecule has 0 radical (unpaired) electrons. The summed E-state index contributed by atoms with van der Waals surface area (Å²) in [5, 5.41) is 2.15. The van der Waals surface area contributed by atoms with Crippen molar-refractivity contribution in [2.24, 2.45) is 0 Å². The van der Waals surface area contributed by atoms with Crippen LogP contribution in [0.1, 0.15) is 18.1 Å². The number of hydrogen-bond donors (Lipinski definition) is 0. The molecular weight excluding hydrogens is 386 g/mol. The first kappa shape index (κ1) is 18.7. The molecule has 0 spiro atoms. The van der Waals surface area contributed by atoms with Gasteiger partial charge in [-0.3, -0.25) is 9.69 Å². The van der Waals surface area contributed by atoms with E-state index in [2.05, 4.69) is 6.07 Å². The van der Waals surface area contributed by atoms with E-state index in [1.165, 1.54) is 11.8 Å². The van der Waals surface area contributed by atoms with Crippen molar-refractivity contribution in [3.05, 3.63) is 76.7 Å². The summed E-state index contributed by atoms with van der Waals surface area (Å²) in [6.45, 7) is 4.51. The van der Waals surface area contributed by atoms with Gasteiger partial charge < -0.3 is 4.74 Å². The van der Waals surface area contributed by atoms with Crippen LogP contribution in [0, 0.1) is 6.92 Å². The maximum Gasteiger partial charge on any atom is 0.270 e. The minimum Gasteiger partial charge on any atom is -0.493 e. The van der Waals surface area contributed by atoms with Crippen molar-refractivity contribution in [3.63, 3.8) is 0 Å². The molecule has 28 heavy (non-hydrogen) atoms. The summed E-state index contributed by atoms with van der Waals surface area (Å²) < 4.78 is 6.37. The molecule has 1 heterocycles. The summed E-state index contributed by atoms with van der Waals surface area (Å²) in [6.07, 6.45) is 1.91. The van der Waals surface area contributed by atoms with E-state index in [1.54, 1.807) is 4.90 Å². The van der Waals surface area contributed by atoms with Gasteiger partial charge >= 0.3 is 0 Å². The van der Waals surface area contributed by atoms with Crippen molar-refractivity contribution in [2.45, 2.75) is 13.8 Å². The van der Waals surface area contributed by atoms with Gasteiger partial charge in [-0.2, -0.15) is 0 Å². The van der Waals surface area contributed by atoms with Crippen LogP contribution in [0.4, 0.5) is 5.69 Å². The summed E-state index contributed by atoms with van der Waals surface area (Å²) in [5.74, 6) is 0.665. The van der Waals surface area contributed by atoms with Crippen LogP contribution in [0.25, 0.3) is 16.8 Å². The quantitative estimate of drug-likeness (QED) is 0.396. The molecule has 0 aliphatic carbocycles. The molecule has 1 saturated heterocycles. The second-order valence-corrected chi connectivity index (χ2v) is 8.16. The molecule has 3 aromatic rings. The van der Waals surface area contributed by atoms with Gasteiger partial charge in [-0.05, 0) is 54.5 Å². The fraction of sp³-hybridized carbons (Fsp3) is 0.130. The third-order valence-electron chi connectivity index (χ3n) is 4.56. The van der Waals surface area contributed by atoms with Crippen LogP contribution in [0.3, 0.4) is 0 Å². The van der Waals surface area contributed by atoms with Gasteiger partial charge in [-0.25, -0.2) is 0 Å². The number of carbonyl (C=O) groups excluding carboxylic acids is 1. The zero-order chi connectivity index (χ0) is 19.7. The average molecular weight is 406 g/mol. The minimum absolute atomic E-state index is 0.101. The Morgan fingerprint density at radius 2 is 1.93 bits per heavy atom. The first-order valence-electron chi connectivity index (χ1n) is 9.07. The van der Waals surface area contributed by atoms with E-state index < -0.39 is 0 Å². The molecule has 1 fully saturated rings. The molecule has 3 nitrogen and oxygen atoms in total. The first-order valence-corrected chi connectivity index (χ1v) is 10.3. The Kier molecular flexibility index (Phi) is 5.20. The molecule has 1 amide bonds. The number of fused-ring (bicyclic) bond motifs is 1. The zero-order valence-electron chi connectivity index (χ0n) is 15.6. The smallest absolute Gasteiger partial charge is 0.270 e. The van der Waals surface area contributed by atoms with Crippen LogP contribution < -0.4 is 9.64 Å². The predicted octanol–water partition coefficient (Wildman–Crippen LogP) is 5.95. The van der Waals surface area contributed by atoms with Crippen LogP contribution in [0.15, 0.2) is 65.6 Å². The van der Waals surface area contributed by atoms with Crippen LogP contribution >= 0.6 is 24.0 Å². The van der Waals surface area contributed by atoms with E-state index in [4.69, 9.17) is 17.0 Å². The molecule has 0 saturated carbocycles. The highest BCUT2D eigenvalue weighted by molar-refractivity contribution is 8.27. The Hall–Kier alpha value is -2.63. The summed E-state index contributed by atoms with van der Waals surface area (Å²) in [6, 6.07) is 19.9. The monoisotopic (exact) mass is 405 g/mol. The number of thioether (sulfide) groups is 1. The average Bonchev–Trinajstić information content (AvgIpc) is 2.97. The van der Waals surface area contributed by atoms with E-state index in [0.717, 1.165) is 33.3 Å². The lowest BCUT2D eigenvalue weighted by Gasteiger charge is -2.15. The van der Waals surface area contributed by atoms with Gasteiger partial charge in [0, 0.05) is 5.56 Å². The summed E-state index contributed by atoms with van der Waals surface area (Å²) in [5.41, 5.74) is 2.79. The topological polar surface area (TPSA) is 29.5 Å². The molecule has 4 rings (SSSR count). The third kappa shape index (κ3) is 3.43. The second kappa shape index (κ2) is 7.78. The molecular formula is C23H19NO2S2. The highest BCUT2D eigenvalue weighted by atomic mass is 32.2. The number of amides is 1. The van der Waals surface area contributed by atoms with Crippen molar-refractivity contribution in [1.82, 2.24) is 0 Å². The zero-order valence-corrected chi connectivity index (χ0v) is 17.3. The standard InChI is InChI=1S/C23H19NO2S2/c1-3-26-20-12-11-16-8-4-5-10-18(16)19(20)14-21-22(25)24(23(27)28-21)17-9-6-7-15(2)13-17/h4-14H,3H2,1-2H3/b21-14-. The lowest BCUT2D eigenvalue weighted by atomic mass is 10.0. The van der Waals surface area contributed by atoms with Crippen LogP contribution in [0.2, 0.25) is 0 Å². The fourth-order valence-corrected chi connectivity index (χ4v) is 4.58. The number of anilines is 1. The van der Waals surface area contributed by atoms with Crippen molar-refractivity contribution in [1.29, 1.82) is 0 Å². The fourth-order valence-electron chi connectivity index (χ4n) is 3.29. The highest BCUT2D eigenvalue weighted by Gasteiger charge is 2.33. The number of carbonyl (C=O) groups is 1. The molecule has 0 unspecified atom stereocenters. The molecule has 140 valence electrons. The third-order valence-corrected chi connectivity index (χ3v) is 5.86. The molecule has 3 aromatic carbocycles. The Bertz CT molecular complexity index is 1120. The number of aryl methyl sites for hydroxylation is 1. The van der Waals surface area contributed by atoms with Crippen LogP contribution in [-0.2, 0) is 4.79 Å². The summed E-state index contributed by atoms with van der Waals surface area (Å²) >= 11 is 6.84. The van der Waals surface area contributed by atoms with Crippen molar-refractivity contribution >= 4 is 56.7 Å². The molecule has 0 aromatic heterocycles. The predicted molar refractivity (Wildman–Crippen MR) is 122 cm³/mol. The molecule has 0 atom stereocenters. The van der Waals surface area contributed by atoms with E-state index >= 15 is 0 Å². The van der Waals surface area contributed by atoms with Crippen LogP contribution in [-0.4, -0.2) is 16.8 Å². The van der Waals surface area contributed by atoms with E-state index in [0.29, 0.717) is 15.8 Å². The Balaban J connectivity index is 1.80. The van der Waals surface area contributed by atoms with Gasteiger partial charge in [0.2, 0.25) is 0 Å². The molecule has 1 aliphatic heterocycles. The highest BCUT2D eigenvalue weighted by Crippen LogP contribution is 2.39. The SMILES string of the molecule is CCOc1ccc2ccccc2c1/C=C1\SC(=S)N(c2cccc(C)c2)C1=O. The van der Waals surface area contributed by atoms with Crippen LogP contribution in [0.5, 0.6) is 5.75 Å². The van der Waals surface area contributed by atoms with Crippen molar-refractivity contribution < 1.29 is 9.53 Å². The summed E-state index contributed by atoms with van der Waals surface area (Å²) in [7, 11) is 0. The number of benzene rings is 3. The van der Waals surface area contributed by atoms with Gasteiger partial charge in [0.15, 0.2) is 4.32 Å². The number of nitrogens with zero attached hydrogens (tertiary/aromatic N) is 1. The lowest BCUT2D eigenvalue weighted by Crippen LogP contribution is -2.27. The molecule has 5 heteroatoms. The number of rotatable bonds is 4. The van der Waals surface area contributed by atoms with E-state index in [1.807, 2.05) is 74.5 Å². The molecule has 1 aliphatic rings. The van der Waals surface area contributed by atoms with Gasteiger partial charge in [0.1, 0.15) is 5.75 Å². The molecule has 0 N–H and O–H groups in total. The normalized spacial score (nSPS) is 15.6. The van der Waals surface area contributed by atoms with Gasteiger partial charge in [0.25, 0.3) is 5.91 Å². The summed E-state index contributed by atoms with van der Waals surface area (Å²) in [4.78, 5) is 15.3. The maximum atomic E-state index is 13.1. The Labute approximate surface area is 174 Å². The Morgan fingerprint density at radius 3 is 2.71 bits per heavy atom. The van der Waals surface area contributed by atoms with E-state index in [9.17, 15) is 4.79 Å².